The molecule has 0 spiro atoms. The van der Waals surface area contributed by atoms with Gasteiger partial charge in [0.2, 0.25) is 0 Å². The molecule has 2 nitrogen and oxygen atoms in total. The molecule has 0 aliphatic carbocycles. The van der Waals surface area contributed by atoms with Crippen LogP contribution in [0, 0.1) is 11.8 Å². The summed E-state index contributed by atoms with van der Waals surface area (Å²) in [6.45, 7) is 10.8. The Labute approximate surface area is 164 Å². The highest BCUT2D eigenvalue weighted by molar-refractivity contribution is 5.69. The molecule has 154 valence electrons. The Kier molecular flexibility index (Phi) is 17.1. The number of unbranched alkanes of at least 4 members (excludes halogenated alkanes) is 7. The van der Waals surface area contributed by atoms with Crippen LogP contribution in [0.3, 0.4) is 0 Å². The maximum atomic E-state index is 11.5. The summed E-state index contributed by atoms with van der Waals surface area (Å²) < 4.78 is 5.17. The largest absolute Gasteiger partial charge is 0.463 e. The highest BCUT2D eigenvalue weighted by Crippen LogP contribution is 2.24. The van der Waals surface area contributed by atoms with Gasteiger partial charge in [-0.2, -0.15) is 0 Å². The first-order valence-electron chi connectivity index (χ1n) is 11.3. The Morgan fingerprint density at radius 3 is 2.12 bits per heavy atom. The van der Waals surface area contributed by atoms with Gasteiger partial charge in [0.05, 0.1) is 6.10 Å². The molecule has 0 heterocycles. The van der Waals surface area contributed by atoms with Crippen LogP contribution in [-0.4, -0.2) is 12.1 Å². The molecule has 0 fully saturated rings. The van der Waals surface area contributed by atoms with Crippen molar-refractivity contribution in [2.24, 2.45) is 11.8 Å². The quantitative estimate of drug-likeness (QED) is 0.149. The number of hydrogen-bond donors (Lipinski definition) is 0. The Morgan fingerprint density at radius 2 is 1.46 bits per heavy atom. The highest BCUT2D eigenvalue weighted by Gasteiger charge is 2.12. The Balaban J connectivity index is 3.67. The number of rotatable bonds is 17. The van der Waals surface area contributed by atoms with E-state index >= 15 is 0 Å². The molecule has 0 aromatic carbocycles. The van der Waals surface area contributed by atoms with E-state index in [2.05, 4.69) is 32.9 Å². The Bertz CT molecular complexity index is 344. The second-order valence-electron chi connectivity index (χ2n) is 8.39. The van der Waals surface area contributed by atoms with Crippen molar-refractivity contribution >= 4 is 5.97 Å². The van der Waals surface area contributed by atoms with E-state index in [-0.39, 0.29) is 12.1 Å². The normalized spacial score (nSPS) is 13.0. The van der Waals surface area contributed by atoms with Crippen LogP contribution in [-0.2, 0) is 9.53 Å². The molecular weight excluding hydrogens is 320 g/mol. The van der Waals surface area contributed by atoms with Crippen LogP contribution in [0.15, 0.2) is 12.2 Å². The zero-order valence-electron chi connectivity index (χ0n) is 18.4. The lowest BCUT2D eigenvalue weighted by Gasteiger charge is -2.20. The van der Waals surface area contributed by atoms with Gasteiger partial charge in [-0.15, -0.1) is 0 Å². The number of hydrogen-bond acceptors (Lipinski definition) is 2. The van der Waals surface area contributed by atoms with E-state index in [1.165, 1.54) is 64.2 Å². The summed E-state index contributed by atoms with van der Waals surface area (Å²) in [4.78, 5) is 11.5. The number of carbonyl (C=O) groups excluding carboxylic acids is 1. The van der Waals surface area contributed by atoms with Gasteiger partial charge in [-0.1, -0.05) is 77.9 Å². The number of esters is 1. The molecule has 0 N–H and O–H groups in total. The average molecular weight is 367 g/mol. The molecule has 0 rings (SSSR count). The van der Waals surface area contributed by atoms with Crippen LogP contribution in [0.1, 0.15) is 118 Å². The van der Waals surface area contributed by atoms with Crippen molar-refractivity contribution in [1.82, 2.24) is 0 Å². The highest BCUT2D eigenvalue weighted by atomic mass is 16.5. The first-order valence-corrected chi connectivity index (χ1v) is 11.3. The Hall–Kier alpha value is -0.790. The van der Waals surface area contributed by atoms with E-state index in [0.717, 1.165) is 24.7 Å². The lowest BCUT2D eigenvalue weighted by molar-refractivity contribution is -0.147. The van der Waals surface area contributed by atoms with Crippen LogP contribution < -0.4 is 0 Å². The first-order chi connectivity index (χ1) is 12.5. The lowest BCUT2D eigenvalue weighted by atomic mass is 9.86. The molecule has 0 saturated heterocycles. The van der Waals surface area contributed by atoms with E-state index in [1.54, 1.807) is 0 Å². The standard InChI is InChI=1S/C24H46O2/c1-6-7-8-9-10-12-15-18-23(21(2)3)19-16-13-11-14-17-20-24(25)26-22(4)5/h10,12,21-23H,6-9,11,13-20H2,1-5H3/b12-10-. The SMILES string of the molecule is CCCCC/C=C\CCC(CCCCCCCC(=O)OC(C)C)C(C)C. The third kappa shape index (κ3) is 16.7. The van der Waals surface area contributed by atoms with E-state index in [0.29, 0.717) is 6.42 Å². The van der Waals surface area contributed by atoms with Crippen LogP contribution >= 0.6 is 0 Å². The second kappa shape index (κ2) is 17.6. The summed E-state index contributed by atoms with van der Waals surface area (Å²) >= 11 is 0. The predicted octanol–water partition coefficient (Wildman–Crippen LogP) is 7.86. The van der Waals surface area contributed by atoms with Gasteiger partial charge in [0.1, 0.15) is 0 Å². The predicted molar refractivity (Wildman–Crippen MR) is 114 cm³/mol. The molecule has 0 aromatic rings. The molecule has 1 atom stereocenters. The van der Waals surface area contributed by atoms with E-state index in [1.807, 2.05) is 13.8 Å². The summed E-state index contributed by atoms with van der Waals surface area (Å²) in [5.41, 5.74) is 0. The summed E-state index contributed by atoms with van der Waals surface area (Å²) in [7, 11) is 0. The summed E-state index contributed by atoms with van der Waals surface area (Å²) in [6.07, 6.45) is 20.6. The van der Waals surface area contributed by atoms with E-state index in [9.17, 15) is 4.79 Å². The molecule has 0 radical (unpaired) electrons. The molecule has 0 amide bonds. The molecule has 0 bridgehead atoms. The van der Waals surface area contributed by atoms with Gasteiger partial charge in [0.25, 0.3) is 0 Å². The molecule has 2 heteroatoms. The molecule has 0 saturated carbocycles. The number of allylic oxidation sites excluding steroid dienone is 2. The van der Waals surface area contributed by atoms with Crippen molar-refractivity contribution in [3.8, 4) is 0 Å². The maximum absolute atomic E-state index is 11.5. The molecule has 0 aromatic heterocycles. The van der Waals surface area contributed by atoms with Crippen LogP contribution in [0.4, 0.5) is 0 Å². The average Bonchev–Trinajstić information content (AvgIpc) is 2.57. The minimum Gasteiger partial charge on any atom is -0.463 e. The minimum absolute atomic E-state index is 0.0154. The summed E-state index contributed by atoms with van der Waals surface area (Å²) in [6, 6.07) is 0. The minimum atomic E-state index is -0.0392. The third-order valence-corrected chi connectivity index (χ3v) is 5.11. The topological polar surface area (TPSA) is 26.3 Å². The lowest BCUT2D eigenvalue weighted by Crippen LogP contribution is -2.10. The van der Waals surface area contributed by atoms with E-state index < -0.39 is 0 Å². The first kappa shape index (κ1) is 25.2. The number of carbonyl (C=O) groups is 1. The van der Waals surface area contributed by atoms with Crippen molar-refractivity contribution < 1.29 is 9.53 Å². The van der Waals surface area contributed by atoms with Crippen molar-refractivity contribution in [3.05, 3.63) is 12.2 Å². The Morgan fingerprint density at radius 1 is 0.808 bits per heavy atom. The van der Waals surface area contributed by atoms with Crippen molar-refractivity contribution in [2.75, 3.05) is 0 Å². The van der Waals surface area contributed by atoms with Crippen molar-refractivity contribution in [1.29, 1.82) is 0 Å². The van der Waals surface area contributed by atoms with Gasteiger partial charge in [0.15, 0.2) is 0 Å². The van der Waals surface area contributed by atoms with Crippen LogP contribution in [0.25, 0.3) is 0 Å². The van der Waals surface area contributed by atoms with Gasteiger partial charge < -0.3 is 4.74 Å². The fourth-order valence-electron chi connectivity index (χ4n) is 3.40. The van der Waals surface area contributed by atoms with Gasteiger partial charge in [-0.05, 0) is 57.8 Å². The molecule has 1 unspecified atom stereocenters. The van der Waals surface area contributed by atoms with Crippen molar-refractivity contribution in [2.45, 2.75) is 124 Å². The molecule has 0 aliphatic heterocycles. The monoisotopic (exact) mass is 366 g/mol. The third-order valence-electron chi connectivity index (χ3n) is 5.11. The summed E-state index contributed by atoms with van der Waals surface area (Å²) in [5, 5.41) is 0. The zero-order chi connectivity index (χ0) is 19.6. The van der Waals surface area contributed by atoms with Gasteiger partial charge in [0, 0.05) is 6.42 Å². The maximum Gasteiger partial charge on any atom is 0.306 e. The van der Waals surface area contributed by atoms with Crippen LogP contribution in [0.2, 0.25) is 0 Å². The fraction of sp³-hybridized carbons (Fsp3) is 0.875. The van der Waals surface area contributed by atoms with E-state index in [4.69, 9.17) is 4.74 Å². The second-order valence-corrected chi connectivity index (χ2v) is 8.39. The molecule has 26 heavy (non-hydrogen) atoms. The van der Waals surface area contributed by atoms with Crippen LogP contribution in [0.5, 0.6) is 0 Å². The van der Waals surface area contributed by atoms with Gasteiger partial charge in [-0.3, -0.25) is 4.79 Å². The van der Waals surface area contributed by atoms with Gasteiger partial charge >= 0.3 is 5.97 Å². The smallest absolute Gasteiger partial charge is 0.306 e. The van der Waals surface area contributed by atoms with Gasteiger partial charge in [-0.25, -0.2) is 0 Å². The molecule has 0 aliphatic rings. The van der Waals surface area contributed by atoms with Crippen molar-refractivity contribution in [3.63, 3.8) is 0 Å². The summed E-state index contributed by atoms with van der Waals surface area (Å²) in [5.74, 6) is 1.60. The zero-order valence-corrected chi connectivity index (χ0v) is 18.4. The molecular formula is C24H46O2. The fourth-order valence-corrected chi connectivity index (χ4v) is 3.40. The number of ether oxygens (including phenoxy) is 1.